The van der Waals surface area contributed by atoms with Gasteiger partial charge in [-0.1, -0.05) is 121 Å². The zero-order chi connectivity index (χ0) is 120. The lowest BCUT2D eigenvalue weighted by molar-refractivity contribution is -0.138. The zero-order valence-electron chi connectivity index (χ0n) is 104. The Hall–Kier alpha value is -9.04. The molecule has 2 saturated heterocycles. The Balaban J connectivity index is 0.000000300. The van der Waals surface area contributed by atoms with Crippen LogP contribution in [0.15, 0.2) is 207 Å². The Morgan fingerprint density at radius 2 is 1.09 bits per heavy atom. The summed E-state index contributed by atoms with van der Waals surface area (Å²) in [6.45, 7) is -40.5. The van der Waals surface area contributed by atoms with Crippen LogP contribution in [-0.2, 0) is 68.9 Å². The van der Waals surface area contributed by atoms with Crippen molar-refractivity contribution >= 4 is 57.1 Å². The van der Waals surface area contributed by atoms with Crippen molar-refractivity contribution in [2.75, 3.05) is 66.3 Å². The van der Waals surface area contributed by atoms with E-state index in [1.165, 1.54) is 24.3 Å². The first kappa shape index (κ1) is 35.1. The lowest BCUT2D eigenvalue weighted by atomic mass is 10.00. The van der Waals surface area contributed by atoms with Crippen molar-refractivity contribution in [1.29, 1.82) is 0 Å². The second-order valence-electron chi connectivity index (χ2n) is 21.1. The van der Waals surface area contributed by atoms with Crippen LogP contribution in [0.5, 0.6) is 0 Å². The van der Waals surface area contributed by atoms with E-state index in [0.29, 0.717) is 16.7 Å². The minimum absolute atomic E-state index is 0.110. The van der Waals surface area contributed by atoms with Crippen molar-refractivity contribution in [3.8, 4) is 22.3 Å². The summed E-state index contributed by atoms with van der Waals surface area (Å²) >= 11 is -0.953. The van der Waals surface area contributed by atoms with E-state index in [1.54, 1.807) is 0 Å². The van der Waals surface area contributed by atoms with Crippen LogP contribution in [0.1, 0.15) is 134 Å². The number of fused-ring (bicyclic) bond motifs is 2. The minimum Gasteiger partial charge on any atom is -0.383 e. The largest absolute Gasteiger partial charge is 0.416 e. The SMILES string of the molecule is [2H]C([2H])([2H])OC([2H])([2H])CN1C([2H])([2H])C([2H])([2H])C([2H])(N(Cc2ccc(-c3ccc(C(F)(F)F)cc3)cc2)C(=O)C([2H])([2H])n2c(SC([2H])([2H])c3cccc(F)c3F)cc(=O)c3ccccc32)C([2H])([2H])C1([2H])[2H].[2H]c1c([2H])c(F)c(F)c(C([2H])([2H])Sc2c([2H])c(=O)c3c([2H])c(C)c([2H])c([2H])c3n2C([2H])([2H])C(=O)N(Cc2c([2H])c([2H])c(-c3c([2H])c([2H])c(C(F)(F)F)c([2H])c3[2H])c([2H])c2[2H])C2([2H])C([2H])([2H])C([2H])([2H])N(CC([2H])([2H])OC([2H])([2H])[2H])C([2H])([2H])C2([2H])[2H])c1[2H]. The number of para-hydroxylation sites is 1. The predicted molar refractivity (Wildman–Crippen MR) is 391 cm³/mol. The molecule has 0 radical (unpaired) electrons. The molecule has 4 heterocycles. The van der Waals surface area contributed by atoms with Gasteiger partial charge in [0, 0.05) is 151 Å². The fourth-order valence-corrected chi connectivity index (χ4v) is 10.6. The number of aromatic nitrogens is 2. The highest BCUT2D eigenvalue weighted by Gasteiger charge is 2.34. The van der Waals surface area contributed by atoms with E-state index in [1.807, 2.05) is 0 Å². The average molecular weight is 1540 g/mol. The van der Waals surface area contributed by atoms with Crippen molar-refractivity contribution in [3.05, 3.63) is 270 Å². The van der Waals surface area contributed by atoms with Gasteiger partial charge in [0.05, 0.1) is 87.8 Å². The highest BCUT2D eigenvalue weighted by atomic mass is 32.2. The number of ether oxygens (including phenoxy) is 2. The van der Waals surface area contributed by atoms with Gasteiger partial charge in [-0.05, 0) is 126 Å². The van der Waals surface area contributed by atoms with Crippen LogP contribution in [0.25, 0.3) is 44.1 Å². The average Bonchev–Trinajstić information content (AvgIpc) is 0.663. The Labute approximate surface area is 681 Å². The standard InChI is InChI=1S/C41H40F5N3O3S.C40H38F5N3O3S/c1-27-6-15-36-34(22-27)37(50)23-39(53-26-31-4-3-5-35(42)40(31)43)49(36)25-38(51)48(33-16-18-47(19-17-33)20-21-52-2)24-28-7-9-29(10-8-28)30-11-13-32(14-12-30)41(44,45)46;1-51-22-21-46-19-17-32(18-20-46)47(24-27-9-11-28(12-10-27)29-13-15-31(16-14-29)40(43,44)45)37(50)25-48-35-8-3-2-6-33(35)36(49)23-38(48)52-26-30-5-4-7-34(41)39(30)42/h3-15,22-23,33H,16-21,24-26H2,1-2H3;2-16,23,32H,17-22,24-26H2,1H3/i2D3,3D,4D,5D,6D,7D,8D,9D,10D,11D,12D,13D,14D,15D,16D2,17D2,18D2,19D2,21D2,22D,23D,25D2,26D2,33D;1D3,17D2,18D2,19D2,20D2,22D2,25D2,26D2,32D. The van der Waals surface area contributed by atoms with Crippen LogP contribution in [-0.4, -0.2) is 119 Å². The summed E-state index contributed by atoms with van der Waals surface area (Å²) in [6, 6.07) is -17.0. The number of carbonyl (C=O) groups is 2. The molecule has 2 aliphatic rings. The summed E-state index contributed by atoms with van der Waals surface area (Å²) in [5.41, 5.74) is -22.6. The molecular formula is C81H78F10N6O6S2. The van der Waals surface area contributed by atoms with Crippen LogP contribution >= 0.6 is 23.5 Å². The van der Waals surface area contributed by atoms with E-state index < -0.39 is 392 Å². The number of alkyl halides is 6. The van der Waals surface area contributed by atoms with Crippen LogP contribution in [0.4, 0.5) is 43.9 Å². The summed E-state index contributed by atoms with van der Waals surface area (Å²) < 4.78 is 595. The number of piperidine rings is 2. The third-order valence-electron chi connectivity index (χ3n) is 14.2. The summed E-state index contributed by atoms with van der Waals surface area (Å²) in [5, 5.41) is -4.29. The van der Waals surface area contributed by atoms with Gasteiger partial charge in [0.25, 0.3) is 0 Å². The Kier molecular flexibility index (Phi) is 11.7. The topological polar surface area (TPSA) is 110 Å². The summed E-state index contributed by atoms with van der Waals surface area (Å²) in [7, 11) is -7.34. The smallest absolute Gasteiger partial charge is 0.383 e. The highest BCUT2D eigenvalue weighted by Crippen LogP contribution is 2.36. The number of amides is 2. The maximum absolute atomic E-state index is 16.0. The zero-order valence-corrected chi connectivity index (χ0v) is 54.4. The molecule has 10 aromatic rings. The van der Waals surface area contributed by atoms with Crippen molar-refractivity contribution in [2.45, 2.75) is 104 Å². The van der Waals surface area contributed by atoms with Crippen molar-refractivity contribution in [2.24, 2.45) is 0 Å². The van der Waals surface area contributed by atoms with E-state index in [-0.39, 0.29) is 38.7 Å². The normalized spacial score (nSPS) is 26.8. The van der Waals surface area contributed by atoms with Crippen LogP contribution < -0.4 is 10.9 Å². The van der Waals surface area contributed by atoms with Crippen molar-refractivity contribution < 1.29 is 133 Å². The lowest BCUT2D eigenvalue weighted by Crippen LogP contribution is -2.48. The first-order chi connectivity index (χ1) is 70.2. The number of likely N-dealkylation sites (tertiary alicyclic amines) is 2. The number of hydrogen-bond acceptors (Lipinski definition) is 10. The maximum Gasteiger partial charge on any atom is 0.416 e. The number of methoxy groups -OCH3 is 2. The number of thioether (sulfide) groups is 2. The number of carbonyl (C=O) groups excluding carboxylic acids is 2. The number of pyridine rings is 2. The third kappa shape index (κ3) is 19.5. The molecular weight excluding hydrogens is 1410 g/mol. The van der Waals surface area contributed by atoms with Crippen molar-refractivity contribution in [1.82, 2.24) is 28.7 Å². The molecule has 0 bridgehead atoms. The summed E-state index contributed by atoms with van der Waals surface area (Å²) in [6.07, 6.45) is -28.7. The van der Waals surface area contributed by atoms with Crippen LogP contribution in [0.3, 0.4) is 0 Å². The van der Waals surface area contributed by atoms with Gasteiger partial charge in [0.15, 0.2) is 34.1 Å². The molecule has 0 N–H and O–H groups in total. The Morgan fingerprint density at radius 1 is 0.552 bits per heavy atom. The quantitative estimate of drug-likeness (QED) is 0.0428. The predicted octanol–water partition coefficient (Wildman–Crippen LogP) is 17.1. The molecule has 2 aliphatic heterocycles. The maximum atomic E-state index is 16.0. The molecule has 0 atom stereocenters. The number of hydrogen-bond donors (Lipinski definition) is 0. The first-order valence-corrected chi connectivity index (χ1v) is 31.1. The van der Waals surface area contributed by atoms with E-state index in [4.69, 9.17) is 50.7 Å². The molecule has 550 valence electrons. The molecule has 24 heteroatoms. The molecule has 0 aliphatic carbocycles. The summed E-state index contributed by atoms with van der Waals surface area (Å²) in [5.74, 6) is -13.0. The van der Waals surface area contributed by atoms with Crippen molar-refractivity contribution in [3.63, 3.8) is 0 Å². The number of nitrogens with zero attached hydrogens (tertiary/aromatic N) is 6. The molecule has 0 spiro atoms. The van der Waals surface area contributed by atoms with E-state index in [0.717, 1.165) is 67.6 Å². The third-order valence-corrected chi connectivity index (χ3v) is 15.8. The molecule has 12 rings (SSSR count). The first-order valence-electron chi connectivity index (χ1n) is 54.9. The molecule has 12 nitrogen and oxygen atoms in total. The Bertz CT molecular complexity index is 7370. The minimum atomic E-state index is -5.59. The van der Waals surface area contributed by atoms with E-state index in [2.05, 4.69) is 9.47 Å². The number of benzene rings is 8. The molecule has 105 heavy (non-hydrogen) atoms. The van der Waals surface area contributed by atoms with Gasteiger partial charge >= 0.3 is 12.4 Å². The van der Waals surface area contributed by atoms with Crippen LogP contribution in [0, 0.1) is 30.2 Å². The monoisotopic (exact) mass is 1540 g/mol. The molecule has 0 saturated carbocycles. The van der Waals surface area contributed by atoms with Gasteiger partial charge in [-0.3, -0.25) is 19.2 Å². The number of halogens is 10. The number of rotatable bonds is 24. The van der Waals surface area contributed by atoms with Gasteiger partial charge in [0.1, 0.15) is 13.0 Å². The fourth-order valence-electron chi connectivity index (χ4n) is 9.14. The lowest BCUT2D eigenvalue weighted by Gasteiger charge is -2.39. The second-order valence-corrected chi connectivity index (χ2v) is 22.7. The van der Waals surface area contributed by atoms with E-state index in [9.17, 15) is 59.5 Å². The van der Waals surface area contributed by atoms with Gasteiger partial charge in [-0.2, -0.15) is 26.3 Å². The summed E-state index contributed by atoms with van der Waals surface area (Å²) in [4.78, 5) is 57.0. The van der Waals surface area contributed by atoms with Gasteiger partial charge in [-0.25, -0.2) is 17.6 Å². The molecule has 8 aromatic carbocycles. The second kappa shape index (κ2) is 34.9. The van der Waals surface area contributed by atoms with Gasteiger partial charge < -0.3 is 38.2 Å². The highest BCUT2D eigenvalue weighted by molar-refractivity contribution is 7.98. The van der Waals surface area contributed by atoms with Gasteiger partial charge in [-0.15, -0.1) is 23.5 Å². The Morgan fingerprint density at radius 3 is 1.68 bits per heavy atom. The van der Waals surface area contributed by atoms with E-state index >= 15 is 22.8 Å². The van der Waals surface area contributed by atoms with Gasteiger partial charge in [0.2, 0.25) is 11.8 Å². The molecule has 0 unspecified atom stereocenters. The fraction of sp³-hybridized carbons (Fsp3) is 0.309. The van der Waals surface area contributed by atoms with Crippen LogP contribution in [0.2, 0.25) is 0 Å². The molecule has 2 aromatic heterocycles. The molecule has 2 fully saturated rings. The molecule has 2 amide bonds.